The fourth-order valence-electron chi connectivity index (χ4n) is 2.93. The number of hydrogen-bond donors (Lipinski definition) is 2. The molecule has 2 atom stereocenters. The van der Waals surface area contributed by atoms with E-state index in [4.69, 9.17) is 9.47 Å². The van der Waals surface area contributed by atoms with Crippen molar-refractivity contribution in [3.8, 4) is 5.75 Å². The van der Waals surface area contributed by atoms with Crippen LogP contribution in [0.3, 0.4) is 0 Å². The molecule has 136 valence electrons. The van der Waals surface area contributed by atoms with Crippen molar-refractivity contribution in [2.75, 3.05) is 32.8 Å². The number of rotatable bonds is 6. The van der Waals surface area contributed by atoms with Gasteiger partial charge in [-0.3, -0.25) is 10.00 Å². The Labute approximate surface area is 148 Å². The molecule has 1 aromatic heterocycles. The van der Waals surface area contributed by atoms with Gasteiger partial charge in [0, 0.05) is 19.6 Å². The molecule has 0 saturated carbocycles. The molecule has 0 spiro atoms. The van der Waals surface area contributed by atoms with E-state index in [2.05, 4.69) is 26.1 Å². The van der Waals surface area contributed by atoms with Gasteiger partial charge in [0.05, 0.1) is 6.61 Å². The van der Waals surface area contributed by atoms with Gasteiger partial charge in [0.2, 0.25) is 0 Å². The number of aromatic nitrogens is 3. The van der Waals surface area contributed by atoms with Gasteiger partial charge in [-0.2, -0.15) is 5.10 Å². The number of aliphatic hydroxyl groups excluding tert-OH is 1. The normalized spacial score (nSPS) is 19.8. The molecule has 7 nitrogen and oxygen atoms in total. The van der Waals surface area contributed by atoms with E-state index in [1.807, 2.05) is 32.9 Å². The summed E-state index contributed by atoms with van der Waals surface area (Å²) >= 11 is 0. The van der Waals surface area contributed by atoms with E-state index in [9.17, 15) is 5.11 Å². The molecule has 1 aliphatic rings. The van der Waals surface area contributed by atoms with E-state index in [1.54, 1.807) is 0 Å². The van der Waals surface area contributed by atoms with Crippen molar-refractivity contribution in [1.29, 1.82) is 0 Å². The maximum absolute atomic E-state index is 10.3. The Hall–Kier alpha value is -1.96. The Kier molecular flexibility index (Phi) is 5.67. The van der Waals surface area contributed by atoms with Crippen LogP contribution < -0.4 is 4.74 Å². The van der Waals surface area contributed by atoms with Gasteiger partial charge in [-0.05, 0) is 38.0 Å². The van der Waals surface area contributed by atoms with Crippen molar-refractivity contribution in [2.24, 2.45) is 0 Å². The lowest BCUT2D eigenvalue weighted by Crippen LogP contribution is -2.44. The molecule has 25 heavy (non-hydrogen) atoms. The SMILES string of the molecule is Cc1ccc(C)c(OC[C@H](O)CN2CCO[C@H](c3n[nH]c(C)n3)C2)c1. The second-order valence-electron chi connectivity index (χ2n) is 6.63. The largest absolute Gasteiger partial charge is 0.491 e. The molecule has 1 aromatic carbocycles. The maximum Gasteiger partial charge on any atom is 0.180 e. The molecule has 2 aromatic rings. The molecule has 1 aliphatic heterocycles. The van der Waals surface area contributed by atoms with Crippen LogP contribution in [0.15, 0.2) is 18.2 Å². The number of nitrogens with one attached hydrogen (secondary N) is 1. The van der Waals surface area contributed by atoms with Crippen LogP contribution in [0.2, 0.25) is 0 Å². The highest BCUT2D eigenvalue weighted by molar-refractivity contribution is 5.35. The molecule has 1 saturated heterocycles. The summed E-state index contributed by atoms with van der Waals surface area (Å²) in [6.45, 7) is 8.75. The van der Waals surface area contributed by atoms with Gasteiger partial charge in [0.15, 0.2) is 5.82 Å². The summed E-state index contributed by atoms with van der Waals surface area (Å²) in [5.74, 6) is 2.27. The fourth-order valence-corrected chi connectivity index (χ4v) is 2.93. The first-order valence-electron chi connectivity index (χ1n) is 8.62. The van der Waals surface area contributed by atoms with E-state index in [0.29, 0.717) is 25.5 Å². The van der Waals surface area contributed by atoms with Crippen molar-refractivity contribution in [3.63, 3.8) is 0 Å². The molecule has 2 N–H and O–H groups in total. The zero-order valence-electron chi connectivity index (χ0n) is 15.0. The second kappa shape index (κ2) is 7.95. The van der Waals surface area contributed by atoms with Crippen molar-refractivity contribution in [3.05, 3.63) is 41.0 Å². The average molecular weight is 346 g/mol. The van der Waals surface area contributed by atoms with Crippen LogP contribution in [0.5, 0.6) is 5.75 Å². The van der Waals surface area contributed by atoms with Gasteiger partial charge < -0.3 is 14.6 Å². The van der Waals surface area contributed by atoms with E-state index >= 15 is 0 Å². The summed E-state index contributed by atoms with van der Waals surface area (Å²) in [6, 6.07) is 6.08. The van der Waals surface area contributed by atoms with Crippen molar-refractivity contribution in [1.82, 2.24) is 20.1 Å². The summed E-state index contributed by atoms with van der Waals surface area (Å²) in [4.78, 5) is 6.50. The lowest BCUT2D eigenvalue weighted by atomic mass is 10.1. The number of β-amino-alcohol motifs (C(OH)–C–C–N with tert-alkyl or cyclic N) is 1. The van der Waals surface area contributed by atoms with E-state index in [1.165, 1.54) is 0 Å². The number of hydrogen-bond acceptors (Lipinski definition) is 6. The Morgan fingerprint density at radius 1 is 1.40 bits per heavy atom. The third kappa shape index (κ3) is 4.78. The van der Waals surface area contributed by atoms with Crippen molar-refractivity contribution in [2.45, 2.75) is 33.0 Å². The van der Waals surface area contributed by atoms with E-state index in [0.717, 1.165) is 29.2 Å². The second-order valence-corrected chi connectivity index (χ2v) is 6.63. The molecule has 0 bridgehead atoms. The van der Waals surface area contributed by atoms with Crippen LogP contribution in [0.4, 0.5) is 0 Å². The third-order valence-electron chi connectivity index (χ3n) is 4.30. The summed E-state index contributed by atoms with van der Waals surface area (Å²) < 4.78 is 11.5. The van der Waals surface area contributed by atoms with Crippen LogP contribution in [0, 0.1) is 20.8 Å². The average Bonchev–Trinajstić information content (AvgIpc) is 3.02. The molecule has 0 amide bonds. The highest BCUT2D eigenvalue weighted by Gasteiger charge is 2.26. The van der Waals surface area contributed by atoms with Crippen molar-refractivity contribution < 1.29 is 14.6 Å². The number of aryl methyl sites for hydroxylation is 3. The summed E-state index contributed by atoms with van der Waals surface area (Å²) in [6.07, 6.45) is -0.724. The van der Waals surface area contributed by atoms with Gasteiger partial charge in [-0.25, -0.2) is 4.98 Å². The molecule has 0 unspecified atom stereocenters. The van der Waals surface area contributed by atoms with Gasteiger partial charge in [0.25, 0.3) is 0 Å². The van der Waals surface area contributed by atoms with E-state index < -0.39 is 6.10 Å². The Morgan fingerprint density at radius 3 is 3.00 bits per heavy atom. The molecular weight excluding hydrogens is 320 g/mol. The molecular formula is C18H26N4O3. The number of ether oxygens (including phenoxy) is 2. The first-order valence-corrected chi connectivity index (χ1v) is 8.62. The Morgan fingerprint density at radius 2 is 2.24 bits per heavy atom. The smallest absolute Gasteiger partial charge is 0.180 e. The molecule has 0 radical (unpaired) electrons. The number of morpholine rings is 1. The minimum atomic E-state index is -0.562. The van der Waals surface area contributed by atoms with Crippen LogP contribution in [-0.2, 0) is 4.74 Å². The molecule has 7 heteroatoms. The number of benzene rings is 1. The Balaban J connectivity index is 1.50. The molecule has 1 fully saturated rings. The zero-order valence-corrected chi connectivity index (χ0v) is 15.0. The summed E-state index contributed by atoms with van der Waals surface area (Å²) in [5, 5.41) is 17.4. The number of H-pyrrole nitrogens is 1. The number of aliphatic hydroxyl groups is 1. The van der Waals surface area contributed by atoms with Crippen molar-refractivity contribution >= 4 is 0 Å². The topological polar surface area (TPSA) is 83.5 Å². The lowest BCUT2D eigenvalue weighted by Gasteiger charge is -2.32. The minimum absolute atomic E-state index is 0.161. The monoisotopic (exact) mass is 346 g/mol. The summed E-state index contributed by atoms with van der Waals surface area (Å²) in [7, 11) is 0. The lowest BCUT2D eigenvalue weighted by molar-refractivity contribution is -0.0494. The van der Waals surface area contributed by atoms with Gasteiger partial charge >= 0.3 is 0 Å². The van der Waals surface area contributed by atoms with Crippen LogP contribution in [-0.4, -0.2) is 64.1 Å². The van der Waals surface area contributed by atoms with E-state index in [-0.39, 0.29) is 12.7 Å². The van der Waals surface area contributed by atoms with Gasteiger partial charge in [-0.1, -0.05) is 12.1 Å². The van der Waals surface area contributed by atoms with Crippen LogP contribution in [0.25, 0.3) is 0 Å². The van der Waals surface area contributed by atoms with Gasteiger partial charge in [0.1, 0.15) is 30.4 Å². The molecule has 2 heterocycles. The number of aromatic amines is 1. The predicted octanol–water partition coefficient (Wildman–Crippen LogP) is 1.54. The van der Waals surface area contributed by atoms with Gasteiger partial charge in [-0.15, -0.1) is 0 Å². The summed E-state index contributed by atoms with van der Waals surface area (Å²) in [5.41, 5.74) is 2.22. The predicted molar refractivity (Wildman–Crippen MR) is 93.7 cm³/mol. The number of nitrogens with zero attached hydrogens (tertiary/aromatic N) is 3. The quantitative estimate of drug-likeness (QED) is 0.826. The zero-order chi connectivity index (χ0) is 17.8. The fraction of sp³-hybridized carbons (Fsp3) is 0.556. The highest BCUT2D eigenvalue weighted by atomic mass is 16.5. The Bertz CT molecular complexity index is 703. The highest BCUT2D eigenvalue weighted by Crippen LogP contribution is 2.21. The maximum atomic E-state index is 10.3. The third-order valence-corrected chi connectivity index (χ3v) is 4.30. The molecule has 0 aliphatic carbocycles. The molecule has 3 rings (SSSR count). The minimum Gasteiger partial charge on any atom is -0.491 e. The first-order chi connectivity index (χ1) is 12.0. The standard InChI is InChI=1S/C18H26N4O3/c1-12-4-5-13(2)16(8-12)25-11-15(23)9-22-6-7-24-17(10-22)18-19-14(3)20-21-18/h4-5,8,15,17,23H,6-7,9-11H2,1-3H3,(H,19,20,21)/t15-,17+/m1/s1. The van der Waals surface area contributed by atoms with Crippen LogP contribution in [0.1, 0.15) is 28.9 Å². The van der Waals surface area contributed by atoms with Crippen LogP contribution >= 0.6 is 0 Å². The first kappa shape index (κ1) is 17.8.